The summed E-state index contributed by atoms with van der Waals surface area (Å²) in [5.74, 6) is -0.792. The van der Waals surface area contributed by atoms with Gasteiger partial charge >= 0.3 is 5.97 Å². The zero-order chi connectivity index (χ0) is 22.3. The third-order valence-corrected chi connectivity index (χ3v) is 6.00. The van der Waals surface area contributed by atoms with E-state index in [0.29, 0.717) is 27.0 Å². The molecule has 2 amide bonds. The summed E-state index contributed by atoms with van der Waals surface area (Å²) in [5.41, 5.74) is 1.05. The van der Waals surface area contributed by atoms with Crippen molar-refractivity contribution in [3.05, 3.63) is 51.5 Å². The number of ether oxygens (including phenoxy) is 3. The number of hydrogen-bond acceptors (Lipinski definition) is 6. The van der Waals surface area contributed by atoms with Crippen molar-refractivity contribution in [2.75, 3.05) is 19.5 Å². The molecule has 31 heavy (non-hydrogen) atoms. The number of halogens is 2. The highest BCUT2D eigenvalue weighted by atomic mass is 35.5. The van der Waals surface area contributed by atoms with Gasteiger partial charge in [-0.15, -0.1) is 0 Å². The van der Waals surface area contributed by atoms with Crippen molar-refractivity contribution in [1.29, 1.82) is 0 Å². The molecular formula is C21H18Cl2N2O6. The van der Waals surface area contributed by atoms with E-state index in [1.54, 1.807) is 24.3 Å². The van der Waals surface area contributed by atoms with Crippen molar-refractivity contribution in [3.63, 3.8) is 0 Å². The first-order chi connectivity index (χ1) is 14.8. The Morgan fingerprint density at radius 3 is 2.58 bits per heavy atom. The minimum Gasteiger partial charge on any atom is -0.493 e. The third-order valence-electron chi connectivity index (χ3n) is 5.26. The first-order valence-electron chi connectivity index (χ1n) is 9.38. The van der Waals surface area contributed by atoms with Gasteiger partial charge < -0.3 is 19.5 Å². The van der Waals surface area contributed by atoms with E-state index < -0.39 is 24.1 Å². The van der Waals surface area contributed by atoms with E-state index in [1.165, 1.54) is 25.2 Å². The molecule has 0 saturated carbocycles. The predicted octanol–water partition coefficient (Wildman–Crippen LogP) is 3.81. The van der Waals surface area contributed by atoms with Gasteiger partial charge in [-0.2, -0.15) is 0 Å². The van der Waals surface area contributed by atoms with Crippen LogP contribution >= 0.6 is 23.2 Å². The van der Waals surface area contributed by atoms with Crippen LogP contribution in [-0.4, -0.2) is 42.9 Å². The quantitative estimate of drug-likeness (QED) is 0.676. The van der Waals surface area contributed by atoms with Gasteiger partial charge in [0.25, 0.3) is 0 Å². The maximum atomic E-state index is 13.0. The molecule has 0 aromatic heterocycles. The molecule has 1 saturated heterocycles. The summed E-state index contributed by atoms with van der Waals surface area (Å²) in [4.78, 5) is 39.6. The second-order valence-corrected chi connectivity index (χ2v) is 7.81. The zero-order valence-corrected chi connectivity index (χ0v) is 18.1. The standard InChI is InChI=1S/C21H18Cl2N2O6/c1-29-15-7-4-11-17(18(15)30-2)21(28)31-20(11)25-14(6-8-16(25)26)19(27)24-10-3-5-12(22)13(23)9-10/h3-5,7,9,14,20H,6,8H2,1-2H3,(H,24,27)/t14-,20+/m0/s1. The lowest BCUT2D eigenvalue weighted by atomic mass is 10.1. The molecule has 2 aliphatic heterocycles. The van der Waals surface area contributed by atoms with Crippen LogP contribution in [0.5, 0.6) is 11.5 Å². The molecule has 2 heterocycles. The van der Waals surface area contributed by atoms with Crippen LogP contribution in [0.1, 0.15) is 35.0 Å². The fourth-order valence-corrected chi connectivity index (χ4v) is 4.14. The van der Waals surface area contributed by atoms with Gasteiger partial charge in [-0.3, -0.25) is 14.5 Å². The average molecular weight is 465 g/mol. The Labute approximate surface area is 188 Å². The predicted molar refractivity (Wildman–Crippen MR) is 113 cm³/mol. The molecule has 2 aromatic rings. The lowest BCUT2D eigenvalue weighted by molar-refractivity contribution is -0.144. The fraction of sp³-hybridized carbons (Fsp3) is 0.286. The molecule has 4 rings (SSSR count). The van der Waals surface area contributed by atoms with Crippen LogP contribution in [0.25, 0.3) is 0 Å². The van der Waals surface area contributed by atoms with E-state index >= 15 is 0 Å². The SMILES string of the molecule is COc1ccc2c(c1OC)C(=O)O[C@H]2N1C(=O)CC[C@H]1C(=O)Nc1ccc(Cl)c(Cl)c1. The van der Waals surface area contributed by atoms with Crippen LogP contribution in [-0.2, 0) is 14.3 Å². The van der Waals surface area contributed by atoms with E-state index in [0.717, 1.165) is 0 Å². The Balaban J connectivity index is 1.64. The number of fused-ring (bicyclic) bond motifs is 1. The van der Waals surface area contributed by atoms with Gasteiger partial charge in [-0.25, -0.2) is 4.79 Å². The Morgan fingerprint density at radius 2 is 1.90 bits per heavy atom. The summed E-state index contributed by atoms with van der Waals surface area (Å²) in [6, 6.07) is 7.11. The average Bonchev–Trinajstić information content (AvgIpc) is 3.29. The summed E-state index contributed by atoms with van der Waals surface area (Å²) in [6.45, 7) is 0. The second-order valence-electron chi connectivity index (χ2n) is 7.00. The normalized spacial score (nSPS) is 19.8. The summed E-state index contributed by atoms with van der Waals surface area (Å²) in [6.07, 6.45) is -0.611. The first-order valence-corrected chi connectivity index (χ1v) is 10.1. The Hall–Kier alpha value is -2.97. The van der Waals surface area contributed by atoms with Gasteiger partial charge in [0.2, 0.25) is 18.0 Å². The number of cyclic esters (lactones) is 1. The number of nitrogens with one attached hydrogen (secondary N) is 1. The number of amides is 2. The molecule has 8 nitrogen and oxygen atoms in total. The minimum absolute atomic E-state index is 0.149. The zero-order valence-electron chi connectivity index (χ0n) is 16.6. The maximum Gasteiger partial charge on any atom is 0.344 e. The summed E-state index contributed by atoms with van der Waals surface area (Å²) < 4.78 is 16.1. The topological polar surface area (TPSA) is 94.2 Å². The molecule has 162 valence electrons. The molecule has 10 heteroatoms. The molecule has 0 aliphatic carbocycles. The number of esters is 1. The number of carbonyl (C=O) groups is 3. The van der Waals surface area contributed by atoms with Crippen LogP contribution in [0, 0.1) is 0 Å². The molecule has 2 atom stereocenters. The van der Waals surface area contributed by atoms with Gasteiger partial charge in [-0.1, -0.05) is 23.2 Å². The number of hydrogen-bond donors (Lipinski definition) is 1. The largest absolute Gasteiger partial charge is 0.493 e. The van der Waals surface area contributed by atoms with Crippen LogP contribution in [0.4, 0.5) is 5.69 Å². The lowest BCUT2D eigenvalue weighted by Crippen LogP contribution is -2.43. The van der Waals surface area contributed by atoms with Gasteiger partial charge in [0.05, 0.1) is 24.3 Å². The van der Waals surface area contributed by atoms with E-state index in [2.05, 4.69) is 5.32 Å². The van der Waals surface area contributed by atoms with Gasteiger partial charge in [-0.05, 0) is 36.8 Å². The first kappa shape index (κ1) is 21.3. The third kappa shape index (κ3) is 3.66. The monoisotopic (exact) mass is 464 g/mol. The molecule has 2 aromatic carbocycles. The van der Waals surface area contributed by atoms with Gasteiger partial charge in [0.15, 0.2) is 11.5 Å². The highest BCUT2D eigenvalue weighted by Gasteiger charge is 2.47. The highest BCUT2D eigenvalue weighted by molar-refractivity contribution is 6.42. The van der Waals surface area contributed by atoms with Crippen molar-refractivity contribution >= 4 is 46.7 Å². The van der Waals surface area contributed by atoms with Crippen LogP contribution in [0.15, 0.2) is 30.3 Å². The number of rotatable bonds is 5. The molecule has 0 unspecified atom stereocenters. The molecule has 0 spiro atoms. The number of anilines is 1. The summed E-state index contributed by atoms with van der Waals surface area (Å²) in [7, 11) is 2.86. The Bertz CT molecular complexity index is 1090. The lowest BCUT2D eigenvalue weighted by Gasteiger charge is -2.29. The molecule has 2 aliphatic rings. The fourth-order valence-electron chi connectivity index (χ4n) is 3.84. The molecular weight excluding hydrogens is 447 g/mol. The highest BCUT2D eigenvalue weighted by Crippen LogP contribution is 2.45. The van der Waals surface area contributed by atoms with E-state index in [-0.39, 0.29) is 30.1 Å². The van der Waals surface area contributed by atoms with Gasteiger partial charge in [0, 0.05) is 17.7 Å². The van der Waals surface area contributed by atoms with Crippen LogP contribution in [0.3, 0.4) is 0 Å². The van der Waals surface area contributed by atoms with Crippen molar-refractivity contribution in [1.82, 2.24) is 4.90 Å². The van der Waals surface area contributed by atoms with Crippen molar-refractivity contribution in [2.45, 2.75) is 25.1 Å². The Morgan fingerprint density at radius 1 is 1.13 bits per heavy atom. The molecule has 0 bridgehead atoms. The van der Waals surface area contributed by atoms with Crippen LogP contribution < -0.4 is 14.8 Å². The maximum absolute atomic E-state index is 13.0. The smallest absolute Gasteiger partial charge is 0.344 e. The van der Waals surface area contributed by atoms with E-state index in [9.17, 15) is 14.4 Å². The number of methoxy groups -OCH3 is 2. The summed E-state index contributed by atoms with van der Waals surface area (Å²) >= 11 is 11.9. The van der Waals surface area contributed by atoms with Gasteiger partial charge in [0.1, 0.15) is 11.6 Å². The van der Waals surface area contributed by atoms with Crippen LogP contribution in [0.2, 0.25) is 10.0 Å². The summed E-state index contributed by atoms with van der Waals surface area (Å²) in [5, 5.41) is 3.39. The number of carbonyl (C=O) groups excluding carboxylic acids is 3. The number of benzene rings is 2. The van der Waals surface area contributed by atoms with E-state index in [4.69, 9.17) is 37.4 Å². The molecule has 1 N–H and O–H groups in total. The number of likely N-dealkylation sites (tertiary alicyclic amines) is 1. The Kier molecular flexibility index (Phi) is 5.68. The van der Waals surface area contributed by atoms with E-state index in [1.807, 2.05) is 0 Å². The second kappa shape index (κ2) is 8.28. The van der Waals surface area contributed by atoms with Crippen molar-refractivity contribution in [2.24, 2.45) is 0 Å². The number of nitrogens with zero attached hydrogens (tertiary/aromatic N) is 1. The minimum atomic E-state index is -1.04. The van der Waals surface area contributed by atoms with Crippen molar-refractivity contribution < 1.29 is 28.6 Å². The molecule has 1 fully saturated rings. The van der Waals surface area contributed by atoms with Crippen molar-refractivity contribution in [3.8, 4) is 11.5 Å². The molecule has 0 radical (unpaired) electrons.